The van der Waals surface area contributed by atoms with E-state index in [1.165, 1.54) is 6.20 Å². The molecule has 0 spiro atoms. The van der Waals surface area contributed by atoms with Crippen LogP contribution in [0.5, 0.6) is 0 Å². The van der Waals surface area contributed by atoms with Gasteiger partial charge in [0.1, 0.15) is 5.82 Å². The Labute approximate surface area is 123 Å². The van der Waals surface area contributed by atoms with Crippen molar-refractivity contribution in [1.82, 2.24) is 9.88 Å². The minimum absolute atomic E-state index is 0.0738. The topological polar surface area (TPSA) is 65.5 Å². The van der Waals surface area contributed by atoms with Crippen LogP contribution >= 0.6 is 11.6 Å². The van der Waals surface area contributed by atoms with Gasteiger partial charge in [0, 0.05) is 6.20 Å². The van der Waals surface area contributed by atoms with Crippen LogP contribution in [0.3, 0.4) is 0 Å². The summed E-state index contributed by atoms with van der Waals surface area (Å²) < 4.78 is 0. The van der Waals surface area contributed by atoms with Crippen LogP contribution in [0, 0.1) is 5.92 Å². The lowest BCUT2D eigenvalue weighted by Gasteiger charge is -2.32. The maximum absolute atomic E-state index is 11.9. The number of aliphatic hydroxyl groups is 1. The molecule has 1 atom stereocenters. The first-order chi connectivity index (χ1) is 9.54. The highest BCUT2D eigenvalue weighted by atomic mass is 35.5. The Hall–Kier alpha value is -1.17. The molecule has 1 aromatic rings. The highest BCUT2D eigenvalue weighted by Gasteiger charge is 2.23. The second-order valence-electron chi connectivity index (χ2n) is 5.26. The number of hydrogen-bond acceptors (Lipinski definition) is 4. The molecular formula is C14H20ClN3O2. The quantitative estimate of drug-likeness (QED) is 0.889. The zero-order valence-electron chi connectivity index (χ0n) is 11.6. The van der Waals surface area contributed by atoms with Crippen molar-refractivity contribution >= 4 is 23.3 Å². The molecule has 1 unspecified atom stereocenters. The molecule has 0 aromatic carbocycles. The van der Waals surface area contributed by atoms with Crippen molar-refractivity contribution in [2.24, 2.45) is 5.92 Å². The number of aliphatic hydroxyl groups excluding tert-OH is 1. The Morgan fingerprint density at radius 1 is 1.55 bits per heavy atom. The smallest absolute Gasteiger partial charge is 0.239 e. The number of anilines is 1. The Morgan fingerprint density at radius 3 is 2.80 bits per heavy atom. The summed E-state index contributed by atoms with van der Waals surface area (Å²) in [7, 11) is 0. The molecule has 2 rings (SSSR count). The molecule has 0 saturated carbocycles. The molecule has 0 radical (unpaired) electrons. The van der Waals surface area contributed by atoms with Gasteiger partial charge in [-0.05, 0) is 50.9 Å². The number of carbonyl (C=O) groups excluding carboxylic acids is 1. The molecule has 1 aromatic heterocycles. The van der Waals surface area contributed by atoms with Crippen LogP contribution in [0.25, 0.3) is 0 Å². The summed E-state index contributed by atoms with van der Waals surface area (Å²) in [6, 6.07) is 3.37. The molecule has 1 fully saturated rings. The van der Waals surface area contributed by atoms with Crippen LogP contribution in [0.15, 0.2) is 18.3 Å². The van der Waals surface area contributed by atoms with Crippen LogP contribution < -0.4 is 5.32 Å². The number of carbonyl (C=O) groups is 1. The lowest BCUT2D eigenvalue weighted by molar-refractivity contribution is -0.117. The first-order valence-electron chi connectivity index (χ1n) is 6.86. The molecule has 2 heterocycles. The summed E-state index contributed by atoms with van der Waals surface area (Å²) in [6.07, 6.45) is 3.11. The van der Waals surface area contributed by atoms with E-state index in [9.17, 15) is 9.90 Å². The Kier molecular flexibility index (Phi) is 5.34. The average Bonchev–Trinajstić information content (AvgIpc) is 2.42. The van der Waals surface area contributed by atoms with Gasteiger partial charge < -0.3 is 10.4 Å². The van der Waals surface area contributed by atoms with Crippen molar-refractivity contribution in [3.63, 3.8) is 0 Å². The maximum atomic E-state index is 11.9. The molecule has 1 aliphatic heterocycles. The first-order valence-corrected chi connectivity index (χ1v) is 7.24. The largest absolute Gasteiger partial charge is 0.393 e. The van der Waals surface area contributed by atoms with Crippen molar-refractivity contribution in [1.29, 1.82) is 0 Å². The Morgan fingerprint density at radius 2 is 2.25 bits per heavy atom. The van der Waals surface area contributed by atoms with Gasteiger partial charge in [0.2, 0.25) is 5.91 Å². The van der Waals surface area contributed by atoms with Gasteiger partial charge in [-0.15, -0.1) is 0 Å². The summed E-state index contributed by atoms with van der Waals surface area (Å²) in [5, 5.41) is 12.8. The third-order valence-corrected chi connectivity index (χ3v) is 3.90. The standard InChI is InChI=1S/C14H20ClN3O2/c1-10(19)11-4-6-18(7-5-11)9-14(20)17-13-3-2-12(15)8-16-13/h2-3,8,10-11,19H,4-7,9H2,1H3,(H,16,17,20). The van der Waals surface area contributed by atoms with E-state index in [2.05, 4.69) is 15.2 Å². The number of aromatic nitrogens is 1. The number of piperidine rings is 1. The SMILES string of the molecule is CC(O)C1CCN(CC(=O)Nc2ccc(Cl)cn2)CC1. The third kappa shape index (κ3) is 4.44. The molecule has 0 bridgehead atoms. The van der Waals surface area contributed by atoms with Gasteiger partial charge in [-0.25, -0.2) is 4.98 Å². The summed E-state index contributed by atoms with van der Waals surface area (Å²) in [5.41, 5.74) is 0. The molecule has 6 heteroatoms. The van der Waals surface area contributed by atoms with Crippen molar-refractivity contribution in [3.05, 3.63) is 23.4 Å². The van der Waals surface area contributed by atoms with E-state index in [0.717, 1.165) is 25.9 Å². The highest BCUT2D eigenvalue weighted by Crippen LogP contribution is 2.20. The van der Waals surface area contributed by atoms with Crippen molar-refractivity contribution in [2.45, 2.75) is 25.9 Å². The van der Waals surface area contributed by atoms with Gasteiger partial charge in [0.15, 0.2) is 0 Å². The number of halogens is 1. The maximum Gasteiger partial charge on any atom is 0.239 e. The van der Waals surface area contributed by atoms with E-state index in [-0.39, 0.29) is 12.0 Å². The Balaban J connectivity index is 1.77. The van der Waals surface area contributed by atoms with Gasteiger partial charge in [0.25, 0.3) is 0 Å². The zero-order valence-corrected chi connectivity index (χ0v) is 12.3. The van der Waals surface area contributed by atoms with Gasteiger partial charge in [0.05, 0.1) is 17.7 Å². The van der Waals surface area contributed by atoms with E-state index in [1.54, 1.807) is 12.1 Å². The number of pyridine rings is 1. The van der Waals surface area contributed by atoms with Gasteiger partial charge in [-0.3, -0.25) is 9.69 Å². The normalized spacial score (nSPS) is 18.8. The van der Waals surface area contributed by atoms with Gasteiger partial charge in [-0.2, -0.15) is 0 Å². The number of likely N-dealkylation sites (tertiary alicyclic amines) is 1. The van der Waals surface area contributed by atoms with Crippen LogP contribution in [-0.4, -0.2) is 46.6 Å². The van der Waals surface area contributed by atoms with Crippen molar-refractivity contribution < 1.29 is 9.90 Å². The lowest BCUT2D eigenvalue weighted by atomic mass is 9.92. The van der Waals surface area contributed by atoms with Gasteiger partial charge >= 0.3 is 0 Å². The van der Waals surface area contributed by atoms with Gasteiger partial charge in [-0.1, -0.05) is 11.6 Å². The summed E-state index contributed by atoms with van der Waals surface area (Å²) >= 11 is 5.74. The second kappa shape index (κ2) is 7.02. The van der Waals surface area contributed by atoms with Crippen LogP contribution in [0.4, 0.5) is 5.82 Å². The fourth-order valence-corrected chi connectivity index (χ4v) is 2.54. The average molecular weight is 298 g/mol. The number of nitrogens with zero attached hydrogens (tertiary/aromatic N) is 2. The fourth-order valence-electron chi connectivity index (χ4n) is 2.43. The summed E-state index contributed by atoms with van der Waals surface area (Å²) in [5.74, 6) is 0.792. The predicted molar refractivity (Wildman–Crippen MR) is 78.7 cm³/mol. The van der Waals surface area contributed by atoms with Crippen molar-refractivity contribution in [3.8, 4) is 0 Å². The number of hydrogen-bond donors (Lipinski definition) is 2. The highest BCUT2D eigenvalue weighted by molar-refractivity contribution is 6.30. The minimum atomic E-state index is -0.260. The summed E-state index contributed by atoms with van der Waals surface area (Å²) in [4.78, 5) is 18.0. The minimum Gasteiger partial charge on any atom is -0.393 e. The van der Waals surface area contributed by atoms with E-state index in [1.807, 2.05) is 6.92 Å². The van der Waals surface area contributed by atoms with E-state index in [4.69, 9.17) is 11.6 Å². The molecule has 0 aliphatic carbocycles. The molecule has 5 nitrogen and oxygen atoms in total. The van der Waals surface area contributed by atoms with Crippen LogP contribution in [0.2, 0.25) is 5.02 Å². The Bertz CT molecular complexity index is 442. The molecule has 110 valence electrons. The summed E-state index contributed by atoms with van der Waals surface area (Å²) in [6.45, 7) is 3.88. The zero-order chi connectivity index (χ0) is 14.5. The van der Waals surface area contributed by atoms with E-state index < -0.39 is 0 Å². The molecule has 2 N–H and O–H groups in total. The number of nitrogens with one attached hydrogen (secondary N) is 1. The molecule has 1 amide bonds. The monoisotopic (exact) mass is 297 g/mol. The number of rotatable bonds is 4. The first kappa shape index (κ1) is 15.2. The molecule has 20 heavy (non-hydrogen) atoms. The number of amides is 1. The third-order valence-electron chi connectivity index (χ3n) is 3.68. The predicted octanol–water partition coefficient (Wildman–Crippen LogP) is 1.77. The van der Waals surface area contributed by atoms with Crippen LogP contribution in [-0.2, 0) is 4.79 Å². The van der Waals surface area contributed by atoms with E-state index >= 15 is 0 Å². The molecular weight excluding hydrogens is 278 g/mol. The second-order valence-corrected chi connectivity index (χ2v) is 5.70. The molecule has 1 aliphatic rings. The molecule has 1 saturated heterocycles. The van der Waals surface area contributed by atoms with Crippen molar-refractivity contribution in [2.75, 3.05) is 25.0 Å². The lowest BCUT2D eigenvalue weighted by Crippen LogP contribution is -2.41. The van der Waals surface area contributed by atoms with Crippen LogP contribution in [0.1, 0.15) is 19.8 Å². The fraction of sp³-hybridized carbons (Fsp3) is 0.571. The van der Waals surface area contributed by atoms with E-state index in [0.29, 0.717) is 23.3 Å².